The number of amides is 2. The highest BCUT2D eigenvalue weighted by Gasteiger charge is 2.54. The first-order valence-corrected chi connectivity index (χ1v) is 9.84. The lowest BCUT2D eigenvalue weighted by molar-refractivity contribution is -0.135. The van der Waals surface area contributed by atoms with Crippen LogP contribution in [0.2, 0.25) is 0 Å². The smallest absolute Gasteiger partial charge is 0.226 e. The van der Waals surface area contributed by atoms with Gasteiger partial charge in [0.2, 0.25) is 11.8 Å². The van der Waals surface area contributed by atoms with Crippen LogP contribution in [0.5, 0.6) is 0 Å². The molecule has 1 saturated heterocycles. The van der Waals surface area contributed by atoms with E-state index >= 15 is 0 Å². The summed E-state index contributed by atoms with van der Waals surface area (Å²) in [4.78, 5) is 27.1. The van der Waals surface area contributed by atoms with Crippen LogP contribution < -0.4 is 5.32 Å². The first kappa shape index (κ1) is 18.7. The Hall–Kier alpha value is -1.10. The molecule has 0 bridgehead atoms. The lowest BCUT2D eigenvalue weighted by Crippen LogP contribution is -2.55. The second kappa shape index (κ2) is 6.57. The van der Waals surface area contributed by atoms with Crippen LogP contribution in [0.1, 0.15) is 65.7 Å². The number of piperidine rings is 1. The van der Waals surface area contributed by atoms with Gasteiger partial charge in [-0.2, -0.15) is 0 Å². The molecular formula is C20H34N2O3. The third-order valence-corrected chi connectivity index (χ3v) is 7.02. The summed E-state index contributed by atoms with van der Waals surface area (Å²) < 4.78 is 5.26. The Morgan fingerprint density at radius 3 is 2.28 bits per heavy atom. The molecule has 5 nitrogen and oxygen atoms in total. The lowest BCUT2D eigenvalue weighted by atomic mass is 9.88. The SMILES string of the molecule is CCC1(C)CC1C(=O)N1CCC(C)(NC(=O)CC2(COC)CC2)CC1. The molecule has 0 spiro atoms. The average Bonchev–Trinajstić information content (AvgIpc) is 3.45. The van der Waals surface area contributed by atoms with E-state index in [-0.39, 0.29) is 28.2 Å². The van der Waals surface area contributed by atoms with Crippen LogP contribution in [0.25, 0.3) is 0 Å². The topological polar surface area (TPSA) is 58.6 Å². The summed E-state index contributed by atoms with van der Waals surface area (Å²) >= 11 is 0. The van der Waals surface area contributed by atoms with E-state index in [1.807, 2.05) is 4.90 Å². The van der Waals surface area contributed by atoms with Crippen molar-refractivity contribution in [1.29, 1.82) is 0 Å². The number of nitrogens with one attached hydrogen (secondary N) is 1. The Morgan fingerprint density at radius 1 is 1.16 bits per heavy atom. The Morgan fingerprint density at radius 2 is 1.80 bits per heavy atom. The fraction of sp³-hybridized carbons (Fsp3) is 0.900. The molecule has 1 heterocycles. The van der Waals surface area contributed by atoms with E-state index < -0.39 is 0 Å². The quantitative estimate of drug-likeness (QED) is 0.768. The molecule has 5 heteroatoms. The molecule has 3 fully saturated rings. The first-order valence-electron chi connectivity index (χ1n) is 9.84. The van der Waals surface area contributed by atoms with Crippen molar-refractivity contribution in [3.8, 4) is 0 Å². The molecule has 0 aromatic rings. The maximum absolute atomic E-state index is 12.7. The van der Waals surface area contributed by atoms with Gasteiger partial charge in [0.15, 0.2) is 0 Å². The predicted octanol–water partition coefficient (Wildman–Crippen LogP) is 2.74. The fourth-order valence-corrected chi connectivity index (χ4v) is 4.33. The number of hydrogen-bond acceptors (Lipinski definition) is 3. The van der Waals surface area contributed by atoms with E-state index in [1.165, 1.54) is 0 Å². The molecular weight excluding hydrogens is 316 g/mol. The minimum atomic E-state index is -0.186. The molecule has 3 aliphatic rings. The number of nitrogens with zero attached hydrogens (tertiary/aromatic N) is 1. The molecule has 0 aromatic carbocycles. The predicted molar refractivity (Wildman–Crippen MR) is 97.0 cm³/mol. The average molecular weight is 351 g/mol. The number of carbonyl (C=O) groups is 2. The number of hydrogen-bond donors (Lipinski definition) is 1. The minimum absolute atomic E-state index is 0.0858. The molecule has 2 atom stereocenters. The normalized spacial score (nSPS) is 32.2. The summed E-state index contributed by atoms with van der Waals surface area (Å²) in [6, 6.07) is 0. The van der Waals surface area contributed by atoms with Crippen LogP contribution in [-0.4, -0.2) is 49.1 Å². The molecule has 142 valence electrons. The van der Waals surface area contributed by atoms with Crippen molar-refractivity contribution >= 4 is 11.8 Å². The van der Waals surface area contributed by atoms with E-state index in [2.05, 4.69) is 26.1 Å². The number of ether oxygens (including phenoxy) is 1. The summed E-state index contributed by atoms with van der Waals surface area (Å²) in [6.45, 7) is 8.71. The summed E-state index contributed by atoms with van der Waals surface area (Å²) in [5.41, 5.74) is 0.128. The molecule has 2 amide bonds. The van der Waals surface area contributed by atoms with Crippen molar-refractivity contribution in [1.82, 2.24) is 10.2 Å². The molecule has 25 heavy (non-hydrogen) atoms. The summed E-state index contributed by atoms with van der Waals surface area (Å²) in [5.74, 6) is 0.688. The van der Waals surface area contributed by atoms with Crippen LogP contribution in [0.15, 0.2) is 0 Å². The Bertz CT molecular complexity index is 535. The van der Waals surface area contributed by atoms with Gasteiger partial charge in [-0.25, -0.2) is 0 Å². The van der Waals surface area contributed by atoms with Crippen molar-refractivity contribution in [3.05, 3.63) is 0 Å². The second-order valence-electron chi connectivity index (χ2n) is 9.31. The lowest BCUT2D eigenvalue weighted by Gasteiger charge is -2.40. The number of likely N-dealkylation sites (tertiary alicyclic amines) is 1. The van der Waals surface area contributed by atoms with E-state index in [9.17, 15) is 9.59 Å². The van der Waals surface area contributed by atoms with Crippen molar-refractivity contribution in [2.45, 2.75) is 71.3 Å². The Kier molecular flexibility index (Phi) is 4.91. The first-order chi connectivity index (χ1) is 11.7. The van der Waals surface area contributed by atoms with Gasteiger partial charge in [-0.1, -0.05) is 13.8 Å². The van der Waals surface area contributed by atoms with Gasteiger partial charge in [-0.15, -0.1) is 0 Å². The Labute approximate surface area is 151 Å². The molecule has 2 aliphatic carbocycles. The van der Waals surface area contributed by atoms with Gasteiger partial charge in [0.1, 0.15) is 0 Å². The molecule has 2 unspecified atom stereocenters. The highest BCUT2D eigenvalue weighted by atomic mass is 16.5. The van der Waals surface area contributed by atoms with Gasteiger partial charge in [0.05, 0.1) is 6.61 Å². The van der Waals surface area contributed by atoms with Gasteiger partial charge in [-0.05, 0) is 50.9 Å². The molecule has 2 saturated carbocycles. The highest BCUT2D eigenvalue weighted by molar-refractivity contribution is 5.83. The van der Waals surface area contributed by atoms with Crippen molar-refractivity contribution < 1.29 is 14.3 Å². The molecule has 0 aromatic heterocycles. The number of rotatable bonds is 7. The standard InChI is InChI=1S/C20H34N2O3/c1-5-18(2)12-15(18)17(24)22-10-8-19(3,9-11-22)21-16(23)13-20(6-7-20)14-25-4/h15H,5-14H2,1-4H3,(H,21,23). The second-order valence-corrected chi connectivity index (χ2v) is 9.31. The minimum Gasteiger partial charge on any atom is -0.384 e. The largest absolute Gasteiger partial charge is 0.384 e. The van der Waals surface area contributed by atoms with E-state index in [0.29, 0.717) is 18.9 Å². The summed E-state index contributed by atoms with van der Waals surface area (Å²) in [6.07, 6.45) is 6.54. The van der Waals surface area contributed by atoms with Crippen molar-refractivity contribution in [2.24, 2.45) is 16.7 Å². The molecule has 0 radical (unpaired) electrons. The zero-order valence-electron chi connectivity index (χ0n) is 16.3. The summed E-state index contributed by atoms with van der Waals surface area (Å²) in [7, 11) is 1.70. The summed E-state index contributed by atoms with van der Waals surface area (Å²) in [5, 5.41) is 3.25. The van der Waals surface area contributed by atoms with Crippen LogP contribution in [0, 0.1) is 16.7 Å². The zero-order chi connectivity index (χ0) is 18.3. The van der Waals surface area contributed by atoms with Gasteiger partial charge >= 0.3 is 0 Å². The molecule has 3 rings (SSSR count). The van der Waals surface area contributed by atoms with Gasteiger partial charge < -0.3 is 15.0 Å². The molecule has 1 aliphatic heterocycles. The maximum Gasteiger partial charge on any atom is 0.226 e. The third kappa shape index (κ3) is 4.02. The van der Waals surface area contributed by atoms with Gasteiger partial charge in [0.25, 0.3) is 0 Å². The Balaban J connectivity index is 1.46. The monoisotopic (exact) mass is 350 g/mol. The van der Waals surface area contributed by atoms with Crippen LogP contribution in [0.3, 0.4) is 0 Å². The van der Waals surface area contributed by atoms with Crippen molar-refractivity contribution in [2.75, 3.05) is 26.8 Å². The van der Waals surface area contributed by atoms with E-state index in [0.717, 1.165) is 51.6 Å². The number of carbonyl (C=O) groups excluding carboxylic acids is 2. The maximum atomic E-state index is 12.7. The van der Waals surface area contributed by atoms with Crippen LogP contribution in [0.4, 0.5) is 0 Å². The third-order valence-electron chi connectivity index (χ3n) is 7.02. The van der Waals surface area contributed by atoms with Gasteiger partial charge in [-0.3, -0.25) is 9.59 Å². The fourth-order valence-electron chi connectivity index (χ4n) is 4.33. The molecule has 1 N–H and O–H groups in total. The van der Waals surface area contributed by atoms with Crippen LogP contribution in [-0.2, 0) is 14.3 Å². The van der Waals surface area contributed by atoms with E-state index in [4.69, 9.17) is 4.74 Å². The number of methoxy groups -OCH3 is 1. The van der Waals surface area contributed by atoms with Crippen LogP contribution >= 0.6 is 0 Å². The zero-order valence-corrected chi connectivity index (χ0v) is 16.3. The highest BCUT2D eigenvalue weighted by Crippen LogP contribution is 2.55. The van der Waals surface area contributed by atoms with Gasteiger partial charge in [0, 0.05) is 43.5 Å². The van der Waals surface area contributed by atoms with Crippen molar-refractivity contribution in [3.63, 3.8) is 0 Å². The van der Waals surface area contributed by atoms with E-state index in [1.54, 1.807) is 7.11 Å².